The zero-order valence-electron chi connectivity index (χ0n) is 20.6. The van der Waals surface area contributed by atoms with Gasteiger partial charge in [-0.05, 0) is 36.5 Å². The van der Waals surface area contributed by atoms with E-state index < -0.39 is 0 Å². The number of aryl methyl sites for hydroxylation is 3. The number of thiazole rings is 1. The van der Waals surface area contributed by atoms with Crippen molar-refractivity contribution in [3.05, 3.63) is 87.2 Å². The molecule has 0 radical (unpaired) electrons. The number of hydrogen-bond acceptors (Lipinski definition) is 6. The van der Waals surface area contributed by atoms with Gasteiger partial charge in [0.2, 0.25) is 0 Å². The van der Waals surface area contributed by atoms with Crippen LogP contribution < -0.4 is 5.32 Å². The van der Waals surface area contributed by atoms with Gasteiger partial charge in [0.05, 0.1) is 17.0 Å². The fourth-order valence-corrected chi connectivity index (χ4v) is 6.22. The van der Waals surface area contributed by atoms with Crippen molar-refractivity contribution >= 4 is 39.9 Å². The van der Waals surface area contributed by atoms with Gasteiger partial charge in [-0.2, -0.15) is 5.10 Å². The zero-order valence-corrected chi connectivity index (χ0v) is 23.1. The molecule has 3 aromatic heterocycles. The van der Waals surface area contributed by atoms with Gasteiger partial charge in [0.15, 0.2) is 11.5 Å². The maximum Gasteiger partial charge on any atom is 0.162 e. The third-order valence-corrected chi connectivity index (χ3v) is 7.84. The number of ketones is 1. The van der Waals surface area contributed by atoms with Crippen LogP contribution in [-0.2, 0) is 17.8 Å². The molecule has 1 unspecified atom stereocenters. The van der Waals surface area contributed by atoms with Gasteiger partial charge in [0.1, 0.15) is 11.5 Å². The van der Waals surface area contributed by atoms with E-state index in [0.29, 0.717) is 13.0 Å². The van der Waals surface area contributed by atoms with E-state index in [9.17, 15) is 4.79 Å². The van der Waals surface area contributed by atoms with Crippen LogP contribution in [0.1, 0.15) is 54.4 Å². The van der Waals surface area contributed by atoms with Crippen molar-refractivity contribution in [2.24, 2.45) is 5.41 Å². The van der Waals surface area contributed by atoms with Crippen LogP contribution in [0.4, 0.5) is 5.82 Å². The first-order valence-electron chi connectivity index (χ1n) is 12.0. The molecule has 4 heterocycles. The minimum Gasteiger partial charge on any atom is -0.463 e. The first-order valence-corrected chi connectivity index (χ1v) is 12.9. The predicted octanol–water partition coefficient (Wildman–Crippen LogP) is 6.93. The molecule has 36 heavy (non-hydrogen) atoms. The van der Waals surface area contributed by atoms with Crippen molar-refractivity contribution in [2.75, 3.05) is 5.32 Å². The molecule has 0 spiro atoms. The zero-order chi connectivity index (χ0) is 24.2. The third kappa shape index (κ3) is 4.37. The number of benzene rings is 1. The summed E-state index contributed by atoms with van der Waals surface area (Å²) < 4.78 is 7.55. The lowest BCUT2D eigenvalue weighted by Crippen LogP contribution is -2.34. The molecule has 0 bridgehead atoms. The number of nitrogens with one attached hydrogen (secondary N) is 1. The van der Waals surface area contributed by atoms with E-state index in [1.165, 1.54) is 0 Å². The van der Waals surface area contributed by atoms with Gasteiger partial charge in [-0.25, -0.2) is 9.67 Å². The van der Waals surface area contributed by atoms with Crippen molar-refractivity contribution in [1.29, 1.82) is 0 Å². The van der Waals surface area contributed by atoms with E-state index in [1.54, 1.807) is 17.6 Å². The fraction of sp³-hybridized carbons (Fsp3) is 0.321. The van der Waals surface area contributed by atoms with Crippen molar-refractivity contribution < 1.29 is 9.21 Å². The number of carbonyl (C=O) groups is 1. The molecule has 4 aromatic rings. The Morgan fingerprint density at radius 3 is 2.72 bits per heavy atom. The second kappa shape index (κ2) is 9.48. The maximum atomic E-state index is 13.4. The van der Waals surface area contributed by atoms with E-state index >= 15 is 0 Å². The molecule has 0 saturated carbocycles. The Balaban J connectivity index is 0.00000267. The normalized spacial score (nSPS) is 18.3. The lowest BCUT2D eigenvalue weighted by atomic mass is 9.69. The highest BCUT2D eigenvalue weighted by molar-refractivity contribution is 8.93. The Bertz CT molecular complexity index is 1430. The van der Waals surface area contributed by atoms with E-state index in [2.05, 4.69) is 36.0 Å². The summed E-state index contributed by atoms with van der Waals surface area (Å²) in [4.78, 5) is 18.2. The number of halogens is 1. The number of anilines is 1. The van der Waals surface area contributed by atoms with Crippen molar-refractivity contribution in [3.8, 4) is 11.5 Å². The monoisotopic (exact) mass is 564 g/mol. The molecule has 2 aliphatic rings. The summed E-state index contributed by atoms with van der Waals surface area (Å²) in [5.74, 6) is 1.94. The molecule has 1 atom stereocenters. The Labute approximate surface area is 225 Å². The van der Waals surface area contributed by atoms with Gasteiger partial charge in [-0.15, -0.1) is 28.3 Å². The topological polar surface area (TPSA) is 73.0 Å². The smallest absolute Gasteiger partial charge is 0.162 e. The predicted molar refractivity (Wildman–Crippen MR) is 148 cm³/mol. The van der Waals surface area contributed by atoms with Crippen molar-refractivity contribution in [1.82, 2.24) is 14.8 Å². The third-order valence-electron chi connectivity index (χ3n) is 6.94. The Morgan fingerprint density at radius 2 is 1.97 bits per heavy atom. The van der Waals surface area contributed by atoms with Gasteiger partial charge in [-0.3, -0.25) is 4.79 Å². The quantitative estimate of drug-likeness (QED) is 0.284. The Kier molecular flexibility index (Phi) is 6.51. The van der Waals surface area contributed by atoms with Crippen molar-refractivity contribution in [3.63, 3.8) is 0 Å². The fourth-order valence-electron chi connectivity index (χ4n) is 5.45. The maximum absolute atomic E-state index is 13.4. The molecular formula is C28H29BrN4O2S. The summed E-state index contributed by atoms with van der Waals surface area (Å²) in [5.41, 5.74) is 5.97. The molecule has 1 N–H and O–H groups in total. The summed E-state index contributed by atoms with van der Waals surface area (Å²) in [6, 6.07) is 14.2. The number of allylic oxidation sites excluding steroid dienone is 2. The Morgan fingerprint density at radius 1 is 1.17 bits per heavy atom. The van der Waals surface area contributed by atoms with E-state index in [4.69, 9.17) is 14.5 Å². The first-order chi connectivity index (χ1) is 16.9. The van der Waals surface area contributed by atoms with Crippen LogP contribution in [-0.4, -0.2) is 20.5 Å². The minimum atomic E-state index is -0.0924. The molecule has 1 aromatic carbocycles. The summed E-state index contributed by atoms with van der Waals surface area (Å²) in [6.07, 6.45) is 3.86. The molecule has 0 saturated heterocycles. The standard InChI is InChI=1S/C28H28N4O2S.BrH/c1-17-24-25(18-8-5-4-6-9-18)26-19(14-28(2,3)15-21(26)33)30-27(24)32(31-17)12-11-23-29-20(16-35-23)22-10-7-13-34-22;/h4-10,13,16,25,30H,11-12,14-15H2,1-3H3;1H. The number of nitrogens with zero attached hydrogens (tertiary/aromatic N) is 3. The summed E-state index contributed by atoms with van der Waals surface area (Å²) in [7, 11) is 0. The molecule has 1 aliphatic carbocycles. The van der Waals surface area contributed by atoms with Gasteiger partial charge in [0, 0.05) is 47.5 Å². The van der Waals surface area contributed by atoms with Crippen LogP contribution in [0, 0.1) is 12.3 Å². The number of furan rings is 1. The number of fused-ring (bicyclic) bond motifs is 1. The summed E-state index contributed by atoms with van der Waals surface area (Å²) >= 11 is 1.64. The second-order valence-corrected chi connectivity index (χ2v) is 11.2. The molecule has 6 rings (SSSR count). The SMILES string of the molecule is Br.Cc1nn(CCc2nc(-c3ccco3)cs2)c2c1C(c1ccccc1)C1=C(CC(C)(C)CC1=O)N2. The van der Waals surface area contributed by atoms with Crippen LogP contribution in [0.5, 0.6) is 0 Å². The molecule has 6 nitrogen and oxygen atoms in total. The average Bonchev–Trinajstić information content (AvgIpc) is 3.57. The molecule has 0 amide bonds. The van der Waals surface area contributed by atoms with Gasteiger partial charge >= 0.3 is 0 Å². The van der Waals surface area contributed by atoms with Gasteiger partial charge < -0.3 is 9.73 Å². The number of rotatable bonds is 5. The highest BCUT2D eigenvalue weighted by Gasteiger charge is 2.42. The highest BCUT2D eigenvalue weighted by Crippen LogP contribution is 2.49. The van der Waals surface area contributed by atoms with Gasteiger partial charge in [-0.1, -0.05) is 44.2 Å². The number of Topliss-reactive ketones (excluding diaryl/α,β-unsaturated/α-hetero) is 1. The minimum absolute atomic E-state index is 0. The summed E-state index contributed by atoms with van der Waals surface area (Å²) in [6.45, 7) is 7.10. The van der Waals surface area contributed by atoms with E-state index in [1.807, 2.05) is 42.6 Å². The average molecular weight is 566 g/mol. The van der Waals surface area contributed by atoms with Gasteiger partial charge in [0.25, 0.3) is 0 Å². The molecule has 8 heteroatoms. The van der Waals surface area contributed by atoms with E-state index in [0.717, 1.165) is 63.2 Å². The number of aromatic nitrogens is 3. The van der Waals surface area contributed by atoms with Crippen LogP contribution in [0.3, 0.4) is 0 Å². The molecule has 0 fully saturated rings. The largest absolute Gasteiger partial charge is 0.463 e. The molecule has 1 aliphatic heterocycles. The van der Waals surface area contributed by atoms with Crippen LogP contribution in [0.15, 0.2) is 69.8 Å². The van der Waals surface area contributed by atoms with Crippen LogP contribution in [0.25, 0.3) is 11.5 Å². The summed E-state index contributed by atoms with van der Waals surface area (Å²) in [5, 5.41) is 11.7. The van der Waals surface area contributed by atoms with Crippen LogP contribution in [0.2, 0.25) is 0 Å². The molecule has 186 valence electrons. The first kappa shape index (κ1) is 24.7. The second-order valence-electron chi connectivity index (χ2n) is 10.2. The molecular weight excluding hydrogens is 536 g/mol. The lowest BCUT2D eigenvalue weighted by Gasteiger charge is -2.38. The van der Waals surface area contributed by atoms with Crippen molar-refractivity contribution in [2.45, 2.75) is 52.5 Å². The Hall–Kier alpha value is -2.97. The lowest BCUT2D eigenvalue weighted by molar-refractivity contribution is -0.118. The number of hydrogen-bond donors (Lipinski definition) is 1. The number of carbonyl (C=O) groups excluding carboxylic acids is 1. The highest BCUT2D eigenvalue weighted by atomic mass is 79.9. The van der Waals surface area contributed by atoms with E-state index in [-0.39, 0.29) is 34.1 Å². The van der Waals surface area contributed by atoms with Crippen LogP contribution >= 0.6 is 28.3 Å².